The molecule has 0 unspecified atom stereocenters. The maximum atomic E-state index is 12.6. The first-order valence-corrected chi connectivity index (χ1v) is 10.2. The highest BCUT2D eigenvalue weighted by atomic mass is 32.2. The third kappa shape index (κ3) is 3.84. The van der Waals surface area contributed by atoms with Crippen LogP contribution in [-0.4, -0.2) is 36.7 Å². The van der Waals surface area contributed by atoms with E-state index < -0.39 is 10.0 Å². The van der Waals surface area contributed by atoms with Crippen LogP contribution in [0.15, 0.2) is 65.7 Å². The van der Waals surface area contributed by atoms with Crippen molar-refractivity contribution >= 4 is 32.5 Å². The van der Waals surface area contributed by atoms with Crippen molar-refractivity contribution in [1.29, 1.82) is 0 Å². The number of anilines is 1. The van der Waals surface area contributed by atoms with Crippen molar-refractivity contribution in [3.63, 3.8) is 0 Å². The number of hydrogen-bond acceptors (Lipinski definition) is 4. The van der Waals surface area contributed by atoms with Crippen LogP contribution in [0.3, 0.4) is 0 Å². The number of pyridine rings is 1. The number of nitrogens with zero attached hydrogens (tertiary/aromatic N) is 2. The van der Waals surface area contributed by atoms with Gasteiger partial charge < -0.3 is 5.32 Å². The zero-order valence-electron chi connectivity index (χ0n) is 15.2. The first-order chi connectivity index (χ1) is 13.0. The van der Waals surface area contributed by atoms with Gasteiger partial charge in [0.25, 0.3) is 5.91 Å². The lowest BCUT2D eigenvalue weighted by Gasteiger charge is -2.18. The van der Waals surface area contributed by atoms with Gasteiger partial charge in [-0.25, -0.2) is 8.42 Å². The second-order valence-corrected chi connectivity index (χ2v) is 7.88. The maximum Gasteiger partial charge on any atom is 0.255 e. The summed E-state index contributed by atoms with van der Waals surface area (Å²) in [5.41, 5.74) is 1.83. The van der Waals surface area contributed by atoms with Gasteiger partial charge in [0.05, 0.1) is 16.1 Å². The third-order valence-electron chi connectivity index (χ3n) is 4.35. The number of sulfonamides is 1. The molecular formula is C20H21N3O3S. The second kappa shape index (κ2) is 7.85. The molecule has 1 aromatic heterocycles. The van der Waals surface area contributed by atoms with Crippen LogP contribution < -0.4 is 5.32 Å². The zero-order valence-corrected chi connectivity index (χ0v) is 16.0. The van der Waals surface area contributed by atoms with E-state index in [0.29, 0.717) is 24.3 Å². The van der Waals surface area contributed by atoms with Gasteiger partial charge in [0.2, 0.25) is 10.0 Å². The molecule has 1 heterocycles. The topological polar surface area (TPSA) is 79.4 Å². The fourth-order valence-corrected chi connectivity index (χ4v) is 4.36. The third-order valence-corrected chi connectivity index (χ3v) is 6.42. The lowest BCUT2D eigenvalue weighted by molar-refractivity contribution is 0.102. The van der Waals surface area contributed by atoms with Crippen molar-refractivity contribution in [2.75, 3.05) is 18.4 Å². The van der Waals surface area contributed by atoms with E-state index in [0.717, 1.165) is 10.9 Å². The average Bonchev–Trinajstić information content (AvgIpc) is 2.69. The van der Waals surface area contributed by atoms with Gasteiger partial charge in [0.15, 0.2) is 0 Å². The van der Waals surface area contributed by atoms with Crippen LogP contribution in [0.25, 0.3) is 10.9 Å². The number of carbonyl (C=O) groups excluding carboxylic acids is 1. The van der Waals surface area contributed by atoms with Crippen molar-refractivity contribution in [2.45, 2.75) is 18.7 Å². The smallest absolute Gasteiger partial charge is 0.255 e. The van der Waals surface area contributed by atoms with Gasteiger partial charge in [-0.05, 0) is 48.5 Å². The summed E-state index contributed by atoms with van der Waals surface area (Å²) in [6.45, 7) is 4.39. The Labute approximate surface area is 158 Å². The maximum absolute atomic E-state index is 12.6. The Morgan fingerprint density at radius 1 is 1.00 bits per heavy atom. The number of benzene rings is 2. The average molecular weight is 383 g/mol. The molecule has 0 spiro atoms. The highest BCUT2D eigenvalue weighted by molar-refractivity contribution is 7.89. The van der Waals surface area contributed by atoms with Crippen molar-refractivity contribution in [1.82, 2.24) is 9.29 Å². The molecule has 3 rings (SSSR count). The Balaban J connectivity index is 1.84. The molecule has 0 aliphatic heterocycles. The van der Waals surface area contributed by atoms with Crippen LogP contribution in [0, 0.1) is 0 Å². The van der Waals surface area contributed by atoms with Crippen molar-refractivity contribution in [3.05, 3.63) is 66.4 Å². The van der Waals surface area contributed by atoms with Crippen LogP contribution in [0.1, 0.15) is 24.2 Å². The van der Waals surface area contributed by atoms with Crippen LogP contribution in [0.4, 0.5) is 5.69 Å². The van der Waals surface area contributed by atoms with E-state index in [2.05, 4.69) is 10.3 Å². The van der Waals surface area contributed by atoms with Gasteiger partial charge in [-0.3, -0.25) is 9.78 Å². The van der Waals surface area contributed by atoms with E-state index in [1.807, 2.05) is 24.3 Å². The fourth-order valence-electron chi connectivity index (χ4n) is 2.90. The summed E-state index contributed by atoms with van der Waals surface area (Å²) < 4.78 is 26.4. The molecule has 0 bridgehead atoms. The number of amides is 1. The van der Waals surface area contributed by atoms with Gasteiger partial charge >= 0.3 is 0 Å². The monoisotopic (exact) mass is 383 g/mol. The number of aromatic nitrogens is 1. The fraction of sp³-hybridized carbons (Fsp3) is 0.200. The minimum absolute atomic E-state index is 0.178. The SMILES string of the molecule is CCN(CC)S(=O)(=O)c1ccc(C(=O)Nc2cccc3ncccc23)cc1. The molecule has 0 radical (unpaired) electrons. The molecule has 0 saturated carbocycles. The van der Waals surface area contributed by atoms with Gasteiger partial charge in [-0.15, -0.1) is 0 Å². The lowest BCUT2D eigenvalue weighted by atomic mass is 10.1. The predicted octanol–water partition coefficient (Wildman–Crippen LogP) is 3.52. The Morgan fingerprint density at radius 2 is 1.70 bits per heavy atom. The molecule has 0 fully saturated rings. The Morgan fingerprint density at radius 3 is 2.37 bits per heavy atom. The molecule has 1 amide bonds. The standard InChI is InChI=1S/C20H21N3O3S/c1-3-23(4-2)27(25,26)16-12-10-15(11-13-16)20(24)22-19-9-5-8-18-17(19)7-6-14-21-18/h5-14H,3-4H2,1-2H3,(H,22,24). The summed E-state index contributed by atoms with van der Waals surface area (Å²) in [5, 5.41) is 3.71. The normalized spacial score (nSPS) is 11.7. The van der Waals surface area contributed by atoms with E-state index in [1.165, 1.54) is 28.6 Å². The first kappa shape index (κ1) is 19.0. The summed E-state index contributed by atoms with van der Waals surface area (Å²) in [6, 6.07) is 15.2. The van der Waals surface area contributed by atoms with E-state index in [-0.39, 0.29) is 10.8 Å². The van der Waals surface area contributed by atoms with Crippen LogP contribution in [0.5, 0.6) is 0 Å². The van der Waals surface area contributed by atoms with E-state index in [1.54, 1.807) is 26.1 Å². The molecular weight excluding hydrogens is 362 g/mol. The number of rotatable bonds is 6. The molecule has 140 valence electrons. The number of hydrogen-bond donors (Lipinski definition) is 1. The lowest BCUT2D eigenvalue weighted by Crippen LogP contribution is -2.30. The number of fused-ring (bicyclic) bond motifs is 1. The van der Waals surface area contributed by atoms with E-state index in [9.17, 15) is 13.2 Å². The Hall–Kier alpha value is -2.77. The summed E-state index contributed by atoms with van der Waals surface area (Å²) in [6.07, 6.45) is 1.70. The number of nitrogens with one attached hydrogen (secondary N) is 1. The molecule has 2 aromatic carbocycles. The largest absolute Gasteiger partial charge is 0.321 e. The van der Waals surface area contributed by atoms with Gasteiger partial charge in [-0.2, -0.15) is 4.31 Å². The quantitative estimate of drug-likeness (QED) is 0.706. The van der Waals surface area contributed by atoms with Gasteiger partial charge in [0.1, 0.15) is 0 Å². The Bertz CT molecular complexity index is 1050. The molecule has 6 nitrogen and oxygen atoms in total. The highest BCUT2D eigenvalue weighted by Gasteiger charge is 2.21. The van der Waals surface area contributed by atoms with Gasteiger partial charge in [0, 0.05) is 30.2 Å². The van der Waals surface area contributed by atoms with Crippen molar-refractivity contribution in [3.8, 4) is 0 Å². The van der Waals surface area contributed by atoms with Crippen LogP contribution in [-0.2, 0) is 10.0 Å². The molecule has 3 aromatic rings. The van der Waals surface area contributed by atoms with Gasteiger partial charge in [-0.1, -0.05) is 19.9 Å². The summed E-state index contributed by atoms with van der Waals surface area (Å²) in [4.78, 5) is 17.0. The molecule has 0 saturated heterocycles. The van der Waals surface area contributed by atoms with E-state index >= 15 is 0 Å². The predicted molar refractivity (Wildman–Crippen MR) is 106 cm³/mol. The summed E-state index contributed by atoms with van der Waals surface area (Å²) in [7, 11) is -3.54. The van der Waals surface area contributed by atoms with E-state index in [4.69, 9.17) is 0 Å². The molecule has 0 atom stereocenters. The molecule has 7 heteroatoms. The van der Waals surface area contributed by atoms with Crippen molar-refractivity contribution in [2.24, 2.45) is 0 Å². The summed E-state index contributed by atoms with van der Waals surface area (Å²) >= 11 is 0. The molecule has 27 heavy (non-hydrogen) atoms. The molecule has 0 aliphatic carbocycles. The minimum atomic E-state index is -3.54. The van der Waals surface area contributed by atoms with Crippen molar-refractivity contribution < 1.29 is 13.2 Å². The highest BCUT2D eigenvalue weighted by Crippen LogP contribution is 2.22. The molecule has 0 aliphatic rings. The van der Waals surface area contributed by atoms with Crippen LogP contribution in [0.2, 0.25) is 0 Å². The Kier molecular flexibility index (Phi) is 5.53. The second-order valence-electron chi connectivity index (χ2n) is 5.94. The summed E-state index contributed by atoms with van der Waals surface area (Å²) in [5.74, 6) is -0.307. The molecule has 1 N–H and O–H groups in total. The minimum Gasteiger partial charge on any atom is -0.321 e. The van der Waals surface area contributed by atoms with Crippen LogP contribution >= 0.6 is 0 Å². The first-order valence-electron chi connectivity index (χ1n) is 8.72. The number of carbonyl (C=O) groups is 1. The zero-order chi connectivity index (χ0) is 19.4.